The highest BCUT2D eigenvalue weighted by Crippen LogP contribution is 2.50. The third-order valence-electron chi connectivity index (χ3n) is 5.74. The average molecular weight is 436 g/mol. The lowest BCUT2D eigenvalue weighted by Gasteiger charge is -2.44. The van der Waals surface area contributed by atoms with E-state index in [0.717, 1.165) is 31.1 Å². The molecule has 152 valence electrons. The molecule has 2 atom stereocenters. The van der Waals surface area contributed by atoms with E-state index in [1.165, 1.54) is 30.1 Å². The zero-order valence-corrected chi connectivity index (χ0v) is 17.2. The quantitative estimate of drug-likeness (QED) is 0.694. The lowest BCUT2D eigenvalue weighted by Crippen LogP contribution is -2.43. The van der Waals surface area contributed by atoms with Crippen molar-refractivity contribution in [3.63, 3.8) is 0 Å². The number of hydrogen-bond donors (Lipinski definition) is 1. The van der Waals surface area contributed by atoms with E-state index in [2.05, 4.69) is 9.98 Å². The maximum Gasteiger partial charge on any atom is 0.185 e. The number of hydrogen-bond acceptors (Lipinski definition) is 5. The first-order chi connectivity index (χ1) is 13.9. The molecule has 1 fully saturated rings. The van der Waals surface area contributed by atoms with Crippen molar-refractivity contribution in [2.24, 2.45) is 16.6 Å². The molecular weight excluding hydrogens is 416 g/mol. The normalized spacial score (nSPS) is 24.0. The molecule has 2 heterocycles. The van der Waals surface area contributed by atoms with Gasteiger partial charge in [0.2, 0.25) is 0 Å². The van der Waals surface area contributed by atoms with Gasteiger partial charge in [0, 0.05) is 30.0 Å². The third kappa shape index (κ3) is 3.90. The van der Waals surface area contributed by atoms with Crippen LogP contribution in [0.4, 0.5) is 8.78 Å². The fourth-order valence-corrected chi connectivity index (χ4v) is 5.45. The second-order valence-electron chi connectivity index (χ2n) is 7.51. The van der Waals surface area contributed by atoms with E-state index >= 15 is 0 Å². The molecule has 1 aromatic carbocycles. The number of nitrogens with two attached hydrogens (primary N) is 1. The fourth-order valence-electron chi connectivity index (χ4n) is 4.29. The van der Waals surface area contributed by atoms with Crippen LogP contribution in [0.1, 0.15) is 47.3 Å². The summed E-state index contributed by atoms with van der Waals surface area (Å²) in [7, 11) is 0. The Morgan fingerprint density at radius 2 is 2.10 bits per heavy atom. The number of nitrogens with zero attached hydrogens (tertiary/aromatic N) is 2. The number of rotatable bonds is 4. The Morgan fingerprint density at radius 1 is 1.28 bits per heavy atom. The number of fused-ring (bicyclic) bond motifs is 1. The smallest absolute Gasteiger partial charge is 0.185 e. The number of aromatic nitrogens is 1. The van der Waals surface area contributed by atoms with Crippen molar-refractivity contribution in [2.45, 2.75) is 37.6 Å². The maximum atomic E-state index is 14.9. The van der Waals surface area contributed by atoms with E-state index < -0.39 is 17.2 Å². The minimum atomic E-state index is -0.790. The highest BCUT2D eigenvalue weighted by molar-refractivity contribution is 8.13. The summed E-state index contributed by atoms with van der Waals surface area (Å²) in [5.74, 6) is -0.860. The molecule has 2 aromatic rings. The summed E-state index contributed by atoms with van der Waals surface area (Å²) in [6.45, 7) is 0. The van der Waals surface area contributed by atoms with Gasteiger partial charge in [-0.2, -0.15) is 0 Å². The molecule has 0 spiro atoms. The van der Waals surface area contributed by atoms with E-state index in [4.69, 9.17) is 17.3 Å². The Hall–Kier alpha value is -1.99. The van der Waals surface area contributed by atoms with E-state index in [-0.39, 0.29) is 29.4 Å². The second kappa shape index (κ2) is 8.03. The van der Waals surface area contributed by atoms with Crippen molar-refractivity contribution in [3.8, 4) is 0 Å². The predicted molar refractivity (Wildman–Crippen MR) is 111 cm³/mol. The van der Waals surface area contributed by atoms with E-state index in [1.54, 1.807) is 6.07 Å². The lowest BCUT2D eigenvalue weighted by molar-refractivity contribution is 0.0987. The molecule has 0 saturated heterocycles. The van der Waals surface area contributed by atoms with Crippen molar-refractivity contribution >= 4 is 34.3 Å². The highest BCUT2D eigenvalue weighted by Gasteiger charge is 2.46. The van der Waals surface area contributed by atoms with Gasteiger partial charge in [0.05, 0.1) is 10.6 Å². The van der Waals surface area contributed by atoms with Crippen molar-refractivity contribution < 1.29 is 13.6 Å². The number of pyridine rings is 1. The number of benzene rings is 1. The summed E-state index contributed by atoms with van der Waals surface area (Å²) >= 11 is 7.28. The standard InChI is InChI=1S/C21H20ClF2N3OS/c22-14-4-5-18(26-10-14)19(28)8-12-7-15(17(24)9-16(12)23)21-6-2-1-3-13(21)11-29-20(25)27-21/h4-5,7,9-10,13H,1-3,6,8,11H2,(H2,25,27)/t13-,21-/m0/s1. The molecule has 2 aliphatic rings. The van der Waals surface area contributed by atoms with E-state index in [0.29, 0.717) is 22.2 Å². The van der Waals surface area contributed by atoms with Gasteiger partial charge in [-0.05, 0) is 42.5 Å². The van der Waals surface area contributed by atoms with Gasteiger partial charge in [0.15, 0.2) is 11.0 Å². The number of halogens is 3. The van der Waals surface area contributed by atoms with Gasteiger partial charge < -0.3 is 5.73 Å². The molecule has 4 nitrogen and oxygen atoms in total. The molecule has 4 rings (SSSR count). The number of carbonyl (C=O) groups is 1. The van der Waals surface area contributed by atoms with Crippen LogP contribution in [0.25, 0.3) is 0 Å². The molecule has 1 saturated carbocycles. The second-order valence-corrected chi connectivity index (χ2v) is 8.99. The van der Waals surface area contributed by atoms with Gasteiger partial charge in [0.1, 0.15) is 17.3 Å². The first kappa shape index (κ1) is 20.3. The SMILES string of the molecule is NC1=N[C@@]2(c3cc(CC(=O)c4ccc(Cl)cn4)c(F)cc3F)CCCC[C@H]2CS1. The lowest BCUT2D eigenvalue weighted by atomic mass is 9.69. The van der Waals surface area contributed by atoms with Gasteiger partial charge in [-0.25, -0.2) is 8.78 Å². The van der Waals surface area contributed by atoms with Gasteiger partial charge in [-0.1, -0.05) is 36.2 Å². The fraction of sp³-hybridized carbons (Fsp3) is 0.381. The molecule has 8 heteroatoms. The number of thioether (sulfide) groups is 1. The van der Waals surface area contributed by atoms with Gasteiger partial charge in [-0.15, -0.1) is 0 Å². The van der Waals surface area contributed by atoms with Crippen LogP contribution < -0.4 is 5.73 Å². The summed E-state index contributed by atoms with van der Waals surface area (Å²) < 4.78 is 29.5. The monoisotopic (exact) mass is 435 g/mol. The first-order valence-corrected chi connectivity index (χ1v) is 10.9. The zero-order valence-electron chi connectivity index (χ0n) is 15.6. The van der Waals surface area contributed by atoms with Gasteiger partial charge in [-0.3, -0.25) is 14.8 Å². The van der Waals surface area contributed by atoms with Crippen LogP contribution in [-0.4, -0.2) is 21.7 Å². The Bertz CT molecular complexity index is 983. The van der Waals surface area contributed by atoms with Gasteiger partial charge in [0.25, 0.3) is 0 Å². The predicted octanol–water partition coefficient (Wildman–Crippen LogP) is 4.89. The zero-order chi connectivity index (χ0) is 20.6. The largest absolute Gasteiger partial charge is 0.379 e. The molecule has 0 bridgehead atoms. The molecule has 1 aliphatic heterocycles. The molecule has 1 aliphatic carbocycles. The van der Waals surface area contributed by atoms with Crippen molar-refractivity contribution in [2.75, 3.05) is 5.75 Å². The van der Waals surface area contributed by atoms with Crippen LogP contribution in [0.2, 0.25) is 5.02 Å². The van der Waals surface area contributed by atoms with Crippen molar-refractivity contribution in [1.29, 1.82) is 0 Å². The minimum absolute atomic E-state index is 0.133. The van der Waals surface area contributed by atoms with Crippen LogP contribution in [-0.2, 0) is 12.0 Å². The van der Waals surface area contributed by atoms with Gasteiger partial charge >= 0.3 is 0 Å². The summed E-state index contributed by atoms with van der Waals surface area (Å²) in [5, 5.41) is 0.833. The molecule has 1 aromatic heterocycles. The van der Waals surface area contributed by atoms with E-state index in [9.17, 15) is 13.6 Å². The Morgan fingerprint density at radius 3 is 2.86 bits per heavy atom. The highest BCUT2D eigenvalue weighted by atomic mass is 35.5. The molecule has 0 unspecified atom stereocenters. The molecule has 0 amide bonds. The summed E-state index contributed by atoms with van der Waals surface area (Å²) in [4.78, 5) is 21.2. The number of amidine groups is 1. The molecule has 29 heavy (non-hydrogen) atoms. The summed E-state index contributed by atoms with van der Waals surface area (Å²) in [6, 6.07) is 5.37. The number of ketones is 1. The Labute approximate surface area is 177 Å². The van der Waals surface area contributed by atoms with Crippen molar-refractivity contribution in [1.82, 2.24) is 4.98 Å². The molecule has 2 N–H and O–H groups in total. The molecular formula is C21H20ClF2N3OS. The first-order valence-electron chi connectivity index (χ1n) is 9.50. The van der Waals surface area contributed by atoms with Crippen molar-refractivity contribution in [3.05, 3.63) is 63.9 Å². The Balaban J connectivity index is 1.73. The summed E-state index contributed by atoms with van der Waals surface area (Å²) in [6.07, 6.45) is 4.68. The average Bonchev–Trinajstić information content (AvgIpc) is 2.70. The molecule has 0 radical (unpaired) electrons. The van der Waals surface area contributed by atoms with Crippen LogP contribution in [0.3, 0.4) is 0 Å². The van der Waals surface area contributed by atoms with Crippen LogP contribution in [0, 0.1) is 17.6 Å². The Kier molecular flexibility index (Phi) is 5.62. The minimum Gasteiger partial charge on any atom is -0.379 e. The number of Topliss-reactive ketones (excluding diaryl/α,β-unsaturated/α-hetero) is 1. The van der Waals surface area contributed by atoms with Crippen LogP contribution in [0.15, 0.2) is 35.5 Å². The van der Waals surface area contributed by atoms with E-state index in [1.807, 2.05) is 0 Å². The summed E-state index contributed by atoms with van der Waals surface area (Å²) in [5.41, 5.74) is 5.85. The number of carbonyl (C=O) groups excluding carboxylic acids is 1. The maximum absolute atomic E-state index is 14.9. The topological polar surface area (TPSA) is 68.3 Å². The van der Waals surface area contributed by atoms with Crippen LogP contribution >= 0.6 is 23.4 Å². The third-order valence-corrected chi connectivity index (χ3v) is 6.92. The number of aliphatic imine (C=N–C) groups is 1. The van der Waals surface area contributed by atoms with Crippen LogP contribution in [0.5, 0.6) is 0 Å².